The molecular weight excluding hydrogens is 196 g/mol. The molecule has 1 unspecified atom stereocenters. The van der Waals surface area contributed by atoms with Gasteiger partial charge in [-0.3, -0.25) is 9.69 Å². The molecule has 5 heteroatoms. The summed E-state index contributed by atoms with van der Waals surface area (Å²) in [7, 11) is 0. The lowest BCUT2D eigenvalue weighted by Gasteiger charge is -2.37. The van der Waals surface area contributed by atoms with Crippen LogP contribution in [0.15, 0.2) is 0 Å². The van der Waals surface area contributed by atoms with Gasteiger partial charge in [-0.25, -0.2) is 0 Å². The molecular formula is C10H18N2O3. The lowest BCUT2D eigenvalue weighted by Crippen LogP contribution is -2.53. The molecule has 2 aliphatic heterocycles. The first kappa shape index (κ1) is 10.9. The Labute approximate surface area is 89.6 Å². The van der Waals surface area contributed by atoms with Gasteiger partial charge in [-0.2, -0.15) is 0 Å². The predicted molar refractivity (Wildman–Crippen MR) is 54.5 cm³/mol. The van der Waals surface area contributed by atoms with Crippen LogP contribution in [0, 0.1) is 0 Å². The lowest BCUT2D eigenvalue weighted by molar-refractivity contribution is -0.138. The summed E-state index contributed by atoms with van der Waals surface area (Å²) in [6.45, 7) is 4.21. The van der Waals surface area contributed by atoms with Crippen molar-refractivity contribution in [3.05, 3.63) is 0 Å². The molecule has 1 N–H and O–H groups in total. The molecule has 1 atom stereocenters. The zero-order valence-corrected chi connectivity index (χ0v) is 8.89. The van der Waals surface area contributed by atoms with E-state index in [1.165, 1.54) is 0 Å². The monoisotopic (exact) mass is 214 g/mol. The van der Waals surface area contributed by atoms with Crippen LogP contribution in [-0.4, -0.2) is 72.9 Å². The molecule has 5 nitrogen and oxygen atoms in total. The molecule has 0 radical (unpaired) electrons. The zero-order valence-electron chi connectivity index (χ0n) is 8.89. The molecule has 2 saturated heterocycles. The number of ether oxygens (including phenoxy) is 1. The number of nitrogens with zero attached hydrogens (tertiary/aromatic N) is 2. The van der Waals surface area contributed by atoms with Gasteiger partial charge in [0.2, 0.25) is 5.91 Å². The van der Waals surface area contributed by atoms with Crippen LogP contribution in [0.4, 0.5) is 0 Å². The number of likely N-dealkylation sites (tertiary alicyclic amines) is 1. The number of aliphatic hydroxyl groups excluding tert-OH is 1. The van der Waals surface area contributed by atoms with Crippen molar-refractivity contribution in [2.45, 2.75) is 12.5 Å². The summed E-state index contributed by atoms with van der Waals surface area (Å²) < 4.78 is 5.26. The smallest absolute Gasteiger partial charge is 0.236 e. The van der Waals surface area contributed by atoms with Crippen molar-refractivity contribution in [3.8, 4) is 0 Å². The highest BCUT2D eigenvalue weighted by molar-refractivity contribution is 5.79. The van der Waals surface area contributed by atoms with Crippen LogP contribution in [0.3, 0.4) is 0 Å². The second-order valence-corrected chi connectivity index (χ2v) is 4.12. The number of carbonyl (C=O) groups excluding carboxylic acids is 1. The maximum Gasteiger partial charge on any atom is 0.236 e. The normalized spacial score (nSPS) is 27.5. The molecule has 2 heterocycles. The van der Waals surface area contributed by atoms with Gasteiger partial charge in [0.25, 0.3) is 0 Å². The standard InChI is InChI=1S/C10H18N2O3/c13-7-9-8-15-5-4-12(9)6-10(14)11-2-1-3-11/h9,13H,1-8H2. The van der Waals surface area contributed by atoms with Crippen molar-refractivity contribution in [2.75, 3.05) is 46.0 Å². The third-order valence-electron chi connectivity index (χ3n) is 3.11. The number of morpholine rings is 1. The van der Waals surface area contributed by atoms with Crippen LogP contribution < -0.4 is 0 Å². The molecule has 2 aliphatic rings. The fraction of sp³-hybridized carbons (Fsp3) is 0.900. The Balaban J connectivity index is 1.82. The number of amides is 1. The highest BCUT2D eigenvalue weighted by atomic mass is 16.5. The SMILES string of the molecule is O=C(CN1CCOCC1CO)N1CCC1. The molecule has 0 aromatic rings. The van der Waals surface area contributed by atoms with Gasteiger partial charge >= 0.3 is 0 Å². The Hall–Kier alpha value is -0.650. The number of hydrogen-bond donors (Lipinski definition) is 1. The number of aliphatic hydroxyl groups is 1. The highest BCUT2D eigenvalue weighted by Gasteiger charge is 2.27. The summed E-state index contributed by atoms with van der Waals surface area (Å²) in [6.07, 6.45) is 1.12. The largest absolute Gasteiger partial charge is 0.395 e. The fourth-order valence-electron chi connectivity index (χ4n) is 1.90. The second-order valence-electron chi connectivity index (χ2n) is 4.12. The van der Waals surface area contributed by atoms with Crippen molar-refractivity contribution in [2.24, 2.45) is 0 Å². The van der Waals surface area contributed by atoms with Crippen LogP contribution in [0.2, 0.25) is 0 Å². The molecule has 15 heavy (non-hydrogen) atoms. The van der Waals surface area contributed by atoms with Crippen LogP contribution in [0.5, 0.6) is 0 Å². The van der Waals surface area contributed by atoms with Gasteiger partial charge in [0, 0.05) is 19.6 Å². The Kier molecular flexibility index (Phi) is 3.56. The van der Waals surface area contributed by atoms with Crippen LogP contribution in [0.1, 0.15) is 6.42 Å². The fourth-order valence-corrected chi connectivity index (χ4v) is 1.90. The van der Waals surface area contributed by atoms with E-state index in [1.807, 2.05) is 9.80 Å². The molecule has 86 valence electrons. The predicted octanol–water partition coefficient (Wildman–Crippen LogP) is -1.09. The van der Waals surface area contributed by atoms with Crippen molar-refractivity contribution in [3.63, 3.8) is 0 Å². The van der Waals surface area contributed by atoms with Crippen LogP contribution in [-0.2, 0) is 9.53 Å². The first-order chi connectivity index (χ1) is 7.31. The number of hydrogen-bond acceptors (Lipinski definition) is 4. The van der Waals surface area contributed by atoms with Gasteiger partial charge in [-0.05, 0) is 6.42 Å². The number of rotatable bonds is 3. The van der Waals surface area contributed by atoms with Crippen LogP contribution in [0.25, 0.3) is 0 Å². The van der Waals surface area contributed by atoms with E-state index in [9.17, 15) is 4.79 Å². The Bertz CT molecular complexity index is 231. The molecule has 0 bridgehead atoms. The summed E-state index contributed by atoms with van der Waals surface area (Å²) in [4.78, 5) is 15.6. The minimum atomic E-state index is -0.0102. The number of carbonyl (C=O) groups is 1. The molecule has 0 spiro atoms. The summed E-state index contributed by atoms with van der Waals surface area (Å²) in [5.41, 5.74) is 0. The Morgan fingerprint density at radius 3 is 2.80 bits per heavy atom. The highest BCUT2D eigenvalue weighted by Crippen LogP contribution is 2.10. The van der Waals surface area contributed by atoms with Crippen molar-refractivity contribution >= 4 is 5.91 Å². The zero-order chi connectivity index (χ0) is 10.7. The van der Waals surface area contributed by atoms with Gasteiger partial charge in [0.05, 0.1) is 32.4 Å². The van der Waals surface area contributed by atoms with Crippen molar-refractivity contribution < 1.29 is 14.6 Å². The minimum Gasteiger partial charge on any atom is -0.395 e. The van der Waals surface area contributed by atoms with Gasteiger partial charge in [-0.1, -0.05) is 0 Å². The van der Waals surface area contributed by atoms with Gasteiger partial charge < -0.3 is 14.7 Å². The van der Waals surface area contributed by atoms with Crippen molar-refractivity contribution in [1.82, 2.24) is 9.80 Å². The summed E-state index contributed by atoms with van der Waals surface area (Å²) in [6, 6.07) is -0.0102. The summed E-state index contributed by atoms with van der Waals surface area (Å²) in [5, 5.41) is 9.14. The van der Waals surface area contributed by atoms with Crippen molar-refractivity contribution in [1.29, 1.82) is 0 Å². The average molecular weight is 214 g/mol. The van der Waals surface area contributed by atoms with Gasteiger partial charge in [0.15, 0.2) is 0 Å². The van der Waals surface area contributed by atoms with Crippen LogP contribution >= 0.6 is 0 Å². The molecule has 1 amide bonds. The van der Waals surface area contributed by atoms with E-state index < -0.39 is 0 Å². The first-order valence-electron chi connectivity index (χ1n) is 5.51. The van der Waals surface area contributed by atoms with E-state index in [2.05, 4.69) is 0 Å². The van der Waals surface area contributed by atoms with E-state index in [0.29, 0.717) is 19.8 Å². The Morgan fingerprint density at radius 2 is 2.20 bits per heavy atom. The maximum atomic E-state index is 11.7. The molecule has 2 rings (SSSR count). The Morgan fingerprint density at radius 1 is 1.40 bits per heavy atom. The van der Waals surface area contributed by atoms with E-state index >= 15 is 0 Å². The molecule has 0 aliphatic carbocycles. The topological polar surface area (TPSA) is 53.0 Å². The minimum absolute atomic E-state index is 0.0102. The van der Waals surface area contributed by atoms with Gasteiger partial charge in [-0.15, -0.1) is 0 Å². The van der Waals surface area contributed by atoms with Gasteiger partial charge in [0.1, 0.15) is 0 Å². The average Bonchev–Trinajstić information content (AvgIpc) is 2.15. The quantitative estimate of drug-likeness (QED) is 0.649. The second kappa shape index (κ2) is 4.92. The molecule has 0 saturated carbocycles. The van der Waals surface area contributed by atoms with E-state index in [-0.39, 0.29) is 18.6 Å². The third-order valence-corrected chi connectivity index (χ3v) is 3.11. The molecule has 0 aromatic heterocycles. The summed E-state index contributed by atoms with van der Waals surface area (Å²) >= 11 is 0. The van der Waals surface area contributed by atoms with E-state index in [1.54, 1.807) is 0 Å². The molecule has 2 fully saturated rings. The first-order valence-corrected chi connectivity index (χ1v) is 5.51. The summed E-state index contributed by atoms with van der Waals surface area (Å²) in [5.74, 6) is 0.182. The third kappa shape index (κ3) is 2.48. The molecule has 0 aromatic carbocycles. The lowest BCUT2D eigenvalue weighted by atomic mass is 10.2. The van der Waals surface area contributed by atoms with E-state index in [0.717, 1.165) is 26.1 Å². The maximum absolute atomic E-state index is 11.7. The van der Waals surface area contributed by atoms with E-state index in [4.69, 9.17) is 9.84 Å².